The van der Waals surface area contributed by atoms with Crippen LogP contribution in [-0.4, -0.2) is 6.69 Å². The summed E-state index contributed by atoms with van der Waals surface area (Å²) in [4.78, 5) is 0. The molecule has 2 unspecified atom stereocenters. The van der Waals surface area contributed by atoms with Gasteiger partial charge in [-0.25, -0.2) is 0 Å². The quantitative estimate of drug-likeness (QED) is 0.353. The molecule has 0 nitrogen and oxygen atoms in total. The summed E-state index contributed by atoms with van der Waals surface area (Å²) < 4.78 is 0. The van der Waals surface area contributed by atoms with Crippen LogP contribution in [0.5, 0.6) is 0 Å². The van der Waals surface area contributed by atoms with Gasteiger partial charge in [0.2, 0.25) is 0 Å². The Morgan fingerprint density at radius 2 is 1.94 bits per heavy atom. The smallest absolute Gasteiger partial charge is 0.145 e. The van der Waals surface area contributed by atoms with Gasteiger partial charge in [-0.15, -0.1) is 28.1 Å². The molecule has 0 spiro atoms. The van der Waals surface area contributed by atoms with E-state index >= 15 is 0 Å². The molecule has 1 heterocycles. The second kappa shape index (κ2) is 4.56. The van der Waals surface area contributed by atoms with Crippen molar-refractivity contribution in [3.05, 3.63) is 0 Å². The topological polar surface area (TPSA) is 0 Å². The van der Waals surface area contributed by atoms with E-state index in [-0.39, 0.29) is 10.8 Å². The largest absolute Gasteiger partial charge is 0.257 e. The zero-order chi connectivity index (χ0) is 12.6. The highest BCUT2D eigenvalue weighted by Crippen LogP contribution is 2.64. The molecule has 0 bridgehead atoms. The van der Waals surface area contributed by atoms with Crippen molar-refractivity contribution in [3.63, 3.8) is 0 Å². The van der Waals surface area contributed by atoms with Gasteiger partial charge in [0.05, 0.1) is 0 Å². The van der Waals surface area contributed by atoms with Gasteiger partial charge in [0, 0.05) is 11.8 Å². The summed E-state index contributed by atoms with van der Waals surface area (Å²) in [6.07, 6.45) is 2.00. The average molecular weight is 277 g/mol. The van der Waals surface area contributed by atoms with Gasteiger partial charge in [-0.2, -0.15) is 0 Å². The summed E-state index contributed by atoms with van der Waals surface area (Å²) in [5, 5.41) is 0. The van der Waals surface area contributed by atoms with Crippen LogP contribution in [0.1, 0.15) is 47.5 Å². The van der Waals surface area contributed by atoms with Crippen LogP contribution in [0.25, 0.3) is 0 Å². The summed E-state index contributed by atoms with van der Waals surface area (Å²) >= 11 is 13.0. The molecule has 0 saturated carbocycles. The Morgan fingerprint density at radius 1 is 1.38 bits per heavy atom. The number of hydrogen-bond acceptors (Lipinski definition) is 0. The van der Waals surface area contributed by atoms with E-state index < -0.39 is 6.69 Å². The molecular formula is C13H22Cl2Si. The minimum atomic E-state index is -2.03. The van der Waals surface area contributed by atoms with Crippen molar-refractivity contribution < 1.29 is 0 Å². The first-order valence-electron chi connectivity index (χ1n) is 5.98. The van der Waals surface area contributed by atoms with E-state index in [4.69, 9.17) is 22.2 Å². The molecule has 0 aromatic rings. The van der Waals surface area contributed by atoms with Gasteiger partial charge in [-0.05, 0) is 30.3 Å². The Balaban J connectivity index is 2.83. The normalized spacial score (nSPS) is 32.6. The lowest BCUT2D eigenvalue weighted by Crippen LogP contribution is -2.53. The molecule has 1 rings (SSSR count). The lowest BCUT2D eigenvalue weighted by atomic mass is 9.78. The summed E-state index contributed by atoms with van der Waals surface area (Å²) in [6, 6.07) is 0.927. The monoisotopic (exact) mass is 276 g/mol. The van der Waals surface area contributed by atoms with Crippen LogP contribution in [0.4, 0.5) is 0 Å². The second-order valence-corrected chi connectivity index (χ2v) is 13.5. The van der Waals surface area contributed by atoms with Crippen LogP contribution in [-0.2, 0) is 0 Å². The molecule has 3 heteroatoms. The maximum absolute atomic E-state index is 6.48. The molecule has 92 valence electrons. The van der Waals surface area contributed by atoms with Crippen LogP contribution in [0.15, 0.2) is 0 Å². The van der Waals surface area contributed by atoms with Gasteiger partial charge in [0.15, 0.2) is 0 Å². The summed E-state index contributed by atoms with van der Waals surface area (Å²) in [7, 11) is 0. The number of hydrogen-bond donors (Lipinski definition) is 0. The standard InChI is InChI=1S/C13H22Cl2Si/c1-6-7-8-13(5)10-16(14,15)11(13)9-12(2,3)4/h11H,6,9-10H2,1-5H3. The van der Waals surface area contributed by atoms with Crippen LogP contribution in [0.2, 0.25) is 11.6 Å². The lowest BCUT2D eigenvalue weighted by Gasteiger charge is -2.53. The van der Waals surface area contributed by atoms with Crippen LogP contribution in [0, 0.1) is 22.7 Å². The molecule has 2 atom stereocenters. The average Bonchev–Trinajstić information content (AvgIpc) is 2.09. The molecular weight excluding hydrogens is 255 g/mol. The predicted octanol–water partition coefficient (Wildman–Crippen LogP) is 5.15. The Kier molecular flexibility index (Phi) is 4.11. The van der Waals surface area contributed by atoms with Crippen molar-refractivity contribution in [2.24, 2.45) is 10.8 Å². The van der Waals surface area contributed by atoms with Crippen molar-refractivity contribution in [2.45, 2.75) is 59.0 Å². The number of halogens is 2. The first-order valence-corrected chi connectivity index (χ1v) is 10.3. The number of rotatable bonds is 1. The van der Waals surface area contributed by atoms with Crippen molar-refractivity contribution >= 4 is 28.9 Å². The summed E-state index contributed by atoms with van der Waals surface area (Å²) in [5.74, 6) is 6.59. The van der Waals surface area contributed by atoms with Gasteiger partial charge in [-0.3, -0.25) is 0 Å². The van der Waals surface area contributed by atoms with E-state index in [1.54, 1.807) is 0 Å². The van der Waals surface area contributed by atoms with E-state index in [9.17, 15) is 0 Å². The zero-order valence-corrected chi connectivity index (χ0v) is 13.5. The van der Waals surface area contributed by atoms with Gasteiger partial charge >= 0.3 is 0 Å². The van der Waals surface area contributed by atoms with Crippen LogP contribution in [0.3, 0.4) is 0 Å². The van der Waals surface area contributed by atoms with Crippen LogP contribution < -0.4 is 0 Å². The van der Waals surface area contributed by atoms with Gasteiger partial charge in [-0.1, -0.05) is 33.6 Å². The highest BCUT2D eigenvalue weighted by Gasteiger charge is 2.61. The fourth-order valence-electron chi connectivity index (χ4n) is 2.48. The van der Waals surface area contributed by atoms with Crippen LogP contribution >= 0.6 is 22.2 Å². The van der Waals surface area contributed by atoms with E-state index in [1.807, 2.05) is 0 Å². The summed E-state index contributed by atoms with van der Waals surface area (Å²) in [5.41, 5.74) is 0.767. The molecule has 0 aliphatic carbocycles. The molecule has 0 aromatic heterocycles. The lowest BCUT2D eigenvalue weighted by molar-refractivity contribution is 0.274. The van der Waals surface area contributed by atoms with Gasteiger partial charge in [0.1, 0.15) is 0 Å². The fraction of sp³-hybridized carbons (Fsp3) is 0.846. The highest BCUT2D eigenvalue weighted by molar-refractivity contribution is 7.47. The second-order valence-electron chi connectivity index (χ2n) is 6.33. The van der Waals surface area contributed by atoms with Gasteiger partial charge < -0.3 is 0 Å². The van der Waals surface area contributed by atoms with E-state index in [0.29, 0.717) is 5.54 Å². The maximum Gasteiger partial charge on any atom is 0.257 e. The van der Waals surface area contributed by atoms with Gasteiger partial charge in [0.25, 0.3) is 6.69 Å². The molecule has 0 radical (unpaired) electrons. The first-order chi connectivity index (χ1) is 7.11. The molecule has 0 N–H and O–H groups in total. The molecule has 1 fully saturated rings. The fourth-order valence-corrected chi connectivity index (χ4v) is 9.27. The maximum atomic E-state index is 6.48. The molecule has 0 amide bonds. The first kappa shape index (κ1) is 14.4. The highest BCUT2D eigenvalue weighted by atomic mass is 35.7. The molecule has 1 aliphatic heterocycles. The van der Waals surface area contributed by atoms with Crippen molar-refractivity contribution in [1.29, 1.82) is 0 Å². The zero-order valence-electron chi connectivity index (χ0n) is 11.0. The van der Waals surface area contributed by atoms with E-state index in [0.717, 1.165) is 18.9 Å². The minimum absolute atomic E-state index is 0.0685. The molecule has 1 saturated heterocycles. The van der Waals surface area contributed by atoms with E-state index in [2.05, 4.69) is 46.5 Å². The van der Waals surface area contributed by atoms with E-state index in [1.165, 1.54) is 0 Å². The SMILES string of the molecule is CCC#CC1(C)C[Si](Cl)(Cl)C1CC(C)(C)C. The Hall–Kier alpha value is 0.357. The molecule has 0 aromatic carbocycles. The Bertz CT molecular complexity index is 319. The van der Waals surface area contributed by atoms with Crippen molar-refractivity contribution in [2.75, 3.05) is 0 Å². The third kappa shape index (κ3) is 3.19. The molecule has 1 aliphatic rings. The third-order valence-corrected chi connectivity index (χ3v) is 8.70. The predicted molar refractivity (Wildman–Crippen MR) is 76.3 cm³/mol. The minimum Gasteiger partial charge on any atom is -0.145 e. The Morgan fingerprint density at radius 3 is 2.31 bits per heavy atom. The summed E-state index contributed by atoms with van der Waals surface area (Å²) in [6.45, 7) is 9.02. The third-order valence-electron chi connectivity index (χ3n) is 3.25. The Labute approximate surface area is 111 Å². The molecule has 16 heavy (non-hydrogen) atoms. The van der Waals surface area contributed by atoms with Crippen molar-refractivity contribution in [1.82, 2.24) is 0 Å². The van der Waals surface area contributed by atoms with Crippen molar-refractivity contribution in [3.8, 4) is 11.8 Å².